The number of rotatable bonds is 14. The molecule has 0 aliphatic heterocycles. The lowest BCUT2D eigenvalue weighted by Crippen LogP contribution is -2.53. The summed E-state index contributed by atoms with van der Waals surface area (Å²) in [4.78, 5) is 40.6. The molecule has 0 bridgehead atoms. The van der Waals surface area contributed by atoms with E-state index in [-0.39, 0.29) is 41.1 Å². The maximum atomic E-state index is 14.5. The molecule has 240 valence electrons. The number of hydrogen-bond acceptors (Lipinski definition) is 6. The van der Waals surface area contributed by atoms with Gasteiger partial charge in [-0.3, -0.25) is 24.0 Å². The molecule has 4 aromatic rings. The fraction of sp³-hybridized carbons (Fsp3) is 0.235. The van der Waals surface area contributed by atoms with Crippen LogP contribution in [0.1, 0.15) is 25.0 Å². The Bertz CT molecular complexity index is 1770. The molecule has 1 atom stereocenters. The van der Waals surface area contributed by atoms with E-state index in [4.69, 9.17) is 0 Å². The Labute approximate surface area is 277 Å². The largest absolute Gasteiger partial charge is 0.354 e. The number of nitrogens with zero attached hydrogens (tertiary/aromatic N) is 3. The van der Waals surface area contributed by atoms with E-state index in [0.29, 0.717) is 12.1 Å². The number of sulfonamides is 1. The van der Waals surface area contributed by atoms with E-state index in [9.17, 15) is 28.1 Å². The topological polar surface area (TPSA) is 130 Å². The van der Waals surface area contributed by atoms with Crippen molar-refractivity contribution in [3.8, 4) is 0 Å². The van der Waals surface area contributed by atoms with Crippen molar-refractivity contribution in [3.63, 3.8) is 0 Å². The average molecular weight is 708 g/mol. The lowest BCUT2D eigenvalue weighted by molar-refractivity contribution is -0.384. The summed E-state index contributed by atoms with van der Waals surface area (Å²) >= 11 is 3.47. The molecule has 0 saturated carbocycles. The molecule has 0 fully saturated rings. The van der Waals surface area contributed by atoms with Gasteiger partial charge in [-0.25, -0.2) is 8.42 Å². The van der Waals surface area contributed by atoms with Crippen LogP contribution < -0.4 is 9.62 Å². The summed E-state index contributed by atoms with van der Waals surface area (Å²) in [6, 6.07) is 28.2. The van der Waals surface area contributed by atoms with Gasteiger partial charge in [-0.15, -0.1) is 0 Å². The number of amides is 2. The van der Waals surface area contributed by atoms with Crippen LogP contribution >= 0.6 is 15.9 Å². The van der Waals surface area contributed by atoms with Crippen LogP contribution in [0, 0.1) is 16.0 Å². The predicted molar refractivity (Wildman–Crippen MR) is 181 cm³/mol. The van der Waals surface area contributed by atoms with E-state index in [0.717, 1.165) is 20.4 Å². The quantitative estimate of drug-likeness (QED) is 0.127. The molecule has 0 aliphatic rings. The first kappa shape index (κ1) is 34.3. The number of non-ortho nitro benzene ring substituents is 1. The zero-order valence-corrected chi connectivity index (χ0v) is 27.9. The second-order valence-electron chi connectivity index (χ2n) is 11.1. The van der Waals surface area contributed by atoms with Crippen molar-refractivity contribution in [2.24, 2.45) is 5.92 Å². The van der Waals surface area contributed by atoms with Crippen LogP contribution in [0.3, 0.4) is 0 Å². The summed E-state index contributed by atoms with van der Waals surface area (Å²) in [6.07, 6.45) is 0.173. The Kier molecular flexibility index (Phi) is 11.7. The molecule has 1 unspecified atom stereocenters. The molecule has 0 radical (unpaired) electrons. The molecular formula is C34H35BrN4O6S. The monoisotopic (exact) mass is 706 g/mol. The second-order valence-corrected chi connectivity index (χ2v) is 13.9. The average Bonchev–Trinajstić information content (AvgIpc) is 3.04. The fourth-order valence-electron chi connectivity index (χ4n) is 4.82. The molecule has 0 heterocycles. The first-order valence-corrected chi connectivity index (χ1v) is 16.9. The van der Waals surface area contributed by atoms with E-state index in [2.05, 4.69) is 21.2 Å². The van der Waals surface area contributed by atoms with Gasteiger partial charge < -0.3 is 10.2 Å². The minimum absolute atomic E-state index is 0.000958. The van der Waals surface area contributed by atoms with E-state index >= 15 is 0 Å². The summed E-state index contributed by atoms with van der Waals surface area (Å²) in [6.45, 7) is 3.59. The van der Waals surface area contributed by atoms with Gasteiger partial charge in [-0.1, -0.05) is 96.5 Å². The SMILES string of the molecule is CC(C)CNC(=O)C(Cc1ccccc1)N(Cc1cccc(Br)c1)C(=O)CN(c1cccc([N+](=O)[O-])c1)S(=O)(=O)c1ccccc1. The van der Waals surface area contributed by atoms with Gasteiger partial charge in [0.2, 0.25) is 11.8 Å². The molecule has 0 saturated heterocycles. The predicted octanol–water partition coefficient (Wildman–Crippen LogP) is 5.96. The van der Waals surface area contributed by atoms with Crippen LogP contribution in [0.4, 0.5) is 11.4 Å². The smallest absolute Gasteiger partial charge is 0.271 e. The number of nitro benzene ring substituents is 1. The van der Waals surface area contributed by atoms with Crippen molar-refractivity contribution in [1.82, 2.24) is 10.2 Å². The number of carbonyl (C=O) groups excluding carboxylic acids is 2. The lowest BCUT2D eigenvalue weighted by atomic mass is 10.0. The molecule has 12 heteroatoms. The van der Waals surface area contributed by atoms with Crippen LogP contribution in [0.15, 0.2) is 119 Å². The molecule has 2 amide bonds. The van der Waals surface area contributed by atoms with Crippen molar-refractivity contribution in [2.45, 2.75) is 37.8 Å². The number of benzene rings is 4. The zero-order chi connectivity index (χ0) is 33.3. The van der Waals surface area contributed by atoms with Crippen molar-refractivity contribution in [1.29, 1.82) is 0 Å². The highest BCUT2D eigenvalue weighted by molar-refractivity contribution is 9.10. The standard InChI is InChI=1S/C34H35BrN4O6S/c1-25(2)22-36-34(41)32(20-26-11-5-3-6-12-26)37(23-27-13-9-14-28(35)19-27)33(40)24-38(29-15-10-16-30(21-29)39(42)43)46(44,45)31-17-7-4-8-18-31/h3-19,21,25,32H,20,22-24H2,1-2H3,(H,36,41). The Morgan fingerprint density at radius 1 is 0.870 bits per heavy atom. The van der Waals surface area contributed by atoms with Crippen molar-refractivity contribution >= 4 is 49.1 Å². The third kappa shape index (κ3) is 9.01. The van der Waals surface area contributed by atoms with Gasteiger partial charge in [0.1, 0.15) is 12.6 Å². The number of nitro groups is 1. The molecule has 0 aromatic heterocycles. The molecule has 1 N–H and O–H groups in total. The number of nitrogens with one attached hydrogen (secondary N) is 1. The fourth-order valence-corrected chi connectivity index (χ4v) is 6.69. The van der Waals surface area contributed by atoms with Gasteiger partial charge >= 0.3 is 0 Å². The van der Waals surface area contributed by atoms with Crippen molar-refractivity contribution in [3.05, 3.63) is 135 Å². The Morgan fingerprint density at radius 2 is 1.50 bits per heavy atom. The maximum Gasteiger partial charge on any atom is 0.271 e. The van der Waals surface area contributed by atoms with E-state index < -0.39 is 33.4 Å². The summed E-state index contributed by atoms with van der Waals surface area (Å²) in [5.41, 5.74) is 1.13. The highest BCUT2D eigenvalue weighted by Gasteiger charge is 2.35. The number of hydrogen-bond donors (Lipinski definition) is 1. The van der Waals surface area contributed by atoms with Crippen molar-refractivity contribution in [2.75, 3.05) is 17.4 Å². The molecule has 10 nitrogen and oxygen atoms in total. The Morgan fingerprint density at radius 3 is 2.13 bits per heavy atom. The minimum atomic E-state index is -4.38. The summed E-state index contributed by atoms with van der Waals surface area (Å²) < 4.78 is 29.7. The first-order chi connectivity index (χ1) is 22.0. The third-order valence-corrected chi connectivity index (χ3v) is 9.42. The van der Waals surface area contributed by atoms with Crippen molar-refractivity contribution < 1.29 is 22.9 Å². The maximum absolute atomic E-state index is 14.5. The molecule has 0 spiro atoms. The third-order valence-electron chi connectivity index (χ3n) is 7.14. The van der Waals surface area contributed by atoms with Gasteiger partial charge in [-0.2, -0.15) is 0 Å². The number of anilines is 1. The first-order valence-electron chi connectivity index (χ1n) is 14.6. The Hall–Kier alpha value is -4.55. The molecule has 0 aliphatic carbocycles. The highest BCUT2D eigenvalue weighted by atomic mass is 79.9. The number of carbonyl (C=O) groups is 2. The summed E-state index contributed by atoms with van der Waals surface area (Å²) in [5, 5.41) is 14.6. The summed E-state index contributed by atoms with van der Waals surface area (Å²) in [5.74, 6) is -0.892. The van der Waals surface area contributed by atoms with Gasteiger partial charge in [0.25, 0.3) is 15.7 Å². The van der Waals surface area contributed by atoms with E-state index in [1.54, 1.807) is 18.2 Å². The molecular weight excluding hydrogens is 672 g/mol. The normalized spacial score (nSPS) is 11.9. The molecule has 4 rings (SSSR count). The zero-order valence-electron chi connectivity index (χ0n) is 25.5. The summed E-state index contributed by atoms with van der Waals surface area (Å²) in [7, 11) is -4.38. The van der Waals surface area contributed by atoms with Crippen LogP contribution in [-0.4, -0.2) is 49.2 Å². The molecule has 4 aromatic carbocycles. The second kappa shape index (κ2) is 15.6. The van der Waals surface area contributed by atoms with Gasteiger partial charge in [0.15, 0.2) is 0 Å². The van der Waals surface area contributed by atoms with E-state index in [1.165, 1.54) is 35.2 Å². The highest BCUT2D eigenvalue weighted by Crippen LogP contribution is 2.28. The van der Waals surface area contributed by atoms with Crippen LogP contribution in [-0.2, 0) is 32.6 Å². The minimum Gasteiger partial charge on any atom is -0.354 e. The van der Waals surface area contributed by atoms with Gasteiger partial charge in [-0.05, 0) is 47.4 Å². The number of halogens is 1. The Balaban J connectivity index is 1.82. The van der Waals surface area contributed by atoms with Gasteiger partial charge in [0.05, 0.1) is 15.5 Å². The van der Waals surface area contributed by atoms with Crippen LogP contribution in [0.5, 0.6) is 0 Å². The molecule has 46 heavy (non-hydrogen) atoms. The lowest BCUT2D eigenvalue weighted by Gasteiger charge is -2.34. The van der Waals surface area contributed by atoms with Crippen LogP contribution in [0.2, 0.25) is 0 Å². The van der Waals surface area contributed by atoms with Crippen LogP contribution in [0.25, 0.3) is 0 Å². The van der Waals surface area contributed by atoms with Gasteiger partial charge in [0, 0.05) is 36.1 Å². The van der Waals surface area contributed by atoms with E-state index in [1.807, 2.05) is 68.4 Å².